The Hall–Kier alpha value is -2.00. The Kier molecular flexibility index (Phi) is 5.33. The van der Waals surface area contributed by atoms with Crippen molar-refractivity contribution in [3.8, 4) is 5.75 Å². The summed E-state index contributed by atoms with van der Waals surface area (Å²) in [6.45, 7) is 1.33. The van der Waals surface area contributed by atoms with Crippen LogP contribution in [0.4, 0.5) is 0 Å². The summed E-state index contributed by atoms with van der Waals surface area (Å²) < 4.78 is 12.2. The fourth-order valence-corrected chi connectivity index (χ4v) is 2.87. The van der Waals surface area contributed by atoms with Crippen molar-refractivity contribution in [3.63, 3.8) is 0 Å². The molecule has 0 saturated carbocycles. The first kappa shape index (κ1) is 17.8. The average molecular weight is 512 g/mol. The highest BCUT2D eigenvalue weighted by molar-refractivity contribution is 14.1. The van der Waals surface area contributed by atoms with Crippen LogP contribution in [0.3, 0.4) is 0 Å². The van der Waals surface area contributed by atoms with E-state index < -0.39 is 11.9 Å². The summed E-state index contributed by atoms with van der Waals surface area (Å²) in [5.41, 5.74) is 1.57. The molecule has 0 unspecified atom stereocenters. The Morgan fingerprint density at radius 2 is 2.08 bits per heavy atom. The number of esters is 2. The van der Waals surface area contributed by atoms with Gasteiger partial charge in [-0.15, -0.1) is 0 Å². The molecule has 3 rings (SSSR count). The number of rotatable bonds is 3. The molecule has 0 aliphatic carbocycles. The van der Waals surface area contributed by atoms with Gasteiger partial charge in [0.2, 0.25) is 5.90 Å². The second kappa shape index (κ2) is 7.49. The topological polar surface area (TPSA) is 65.0 Å². The Labute approximate surface area is 166 Å². The van der Waals surface area contributed by atoms with Crippen LogP contribution in [-0.2, 0) is 14.3 Å². The summed E-state index contributed by atoms with van der Waals surface area (Å²) in [4.78, 5) is 27.4. The maximum absolute atomic E-state index is 12.1. The molecule has 2 aromatic rings. The molecule has 0 bridgehead atoms. The molecule has 126 valence electrons. The van der Waals surface area contributed by atoms with E-state index in [0.29, 0.717) is 16.9 Å². The first-order valence-corrected chi connectivity index (χ1v) is 9.06. The minimum absolute atomic E-state index is 0.185. The minimum Gasteiger partial charge on any atom is -0.427 e. The molecule has 0 atom stereocenters. The number of halogens is 2. The molecule has 1 heterocycles. The van der Waals surface area contributed by atoms with E-state index in [-0.39, 0.29) is 11.6 Å². The zero-order chi connectivity index (χ0) is 18.0. The molecule has 0 N–H and O–H groups in total. The molecule has 0 aromatic heterocycles. The molecule has 5 nitrogen and oxygen atoms in total. The highest BCUT2D eigenvalue weighted by Crippen LogP contribution is 2.25. The van der Waals surface area contributed by atoms with Gasteiger partial charge in [-0.2, -0.15) is 0 Å². The fourth-order valence-electron chi connectivity index (χ4n) is 2.15. The molecule has 1 aliphatic heterocycles. The van der Waals surface area contributed by atoms with Crippen molar-refractivity contribution in [2.24, 2.45) is 4.99 Å². The maximum Gasteiger partial charge on any atom is 0.363 e. The van der Waals surface area contributed by atoms with Gasteiger partial charge >= 0.3 is 11.9 Å². The number of ether oxygens (including phenoxy) is 2. The van der Waals surface area contributed by atoms with Crippen molar-refractivity contribution < 1.29 is 19.1 Å². The van der Waals surface area contributed by atoms with Gasteiger partial charge in [0.05, 0.1) is 0 Å². The van der Waals surface area contributed by atoms with E-state index in [4.69, 9.17) is 9.47 Å². The Morgan fingerprint density at radius 1 is 1.28 bits per heavy atom. The Balaban J connectivity index is 1.90. The van der Waals surface area contributed by atoms with Crippen LogP contribution < -0.4 is 4.74 Å². The van der Waals surface area contributed by atoms with Crippen molar-refractivity contribution in [3.05, 3.63) is 67.3 Å². The van der Waals surface area contributed by atoms with E-state index in [0.717, 1.165) is 8.04 Å². The summed E-state index contributed by atoms with van der Waals surface area (Å²) in [6, 6.07) is 12.4. The number of hydrogen-bond donors (Lipinski definition) is 0. The van der Waals surface area contributed by atoms with Gasteiger partial charge in [-0.05, 0) is 80.5 Å². The smallest absolute Gasteiger partial charge is 0.363 e. The summed E-state index contributed by atoms with van der Waals surface area (Å²) in [5, 5.41) is 0. The van der Waals surface area contributed by atoms with Gasteiger partial charge in [-0.1, -0.05) is 12.1 Å². The molecule has 25 heavy (non-hydrogen) atoms. The van der Waals surface area contributed by atoms with Crippen LogP contribution in [0, 0.1) is 3.57 Å². The molecular weight excluding hydrogens is 501 g/mol. The Morgan fingerprint density at radius 3 is 2.80 bits per heavy atom. The quantitative estimate of drug-likeness (QED) is 0.266. The number of hydrogen-bond acceptors (Lipinski definition) is 5. The van der Waals surface area contributed by atoms with Gasteiger partial charge in [-0.25, -0.2) is 9.79 Å². The molecule has 0 saturated heterocycles. The second-order valence-corrected chi connectivity index (χ2v) is 7.15. The van der Waals surface area contributed by atoms with Crippen molar-refractivity contribution >= 4 is 62.4 Å². The van der Waals surface area contributed by atoms with Crippen molar-refractivity contribution in [2.45, 2.75) is 6.92 Å². The minimum atomic E-state index is -0.525. The summed E-state index contributed by atoms with van der Waals surface area (Å²) in [5.74, 6) is -0.277. The van der Waals surface area contributed by atoms with Crippen molar-refractivity contribution in [1.29, 1.82) is 0 Å². The van der Waals surface area contributed by atoms with E-state index >= 15 is 0 Å². The fraction of sp³-hybridized carbons (Fsp3) is 0.0556. The van der Waals surface area contributed by atoms with E-state index in [1.54, 1.807) is 30.3 Å². The number of aliphatic imine (C=N–C) groups is 1. The lowest BCUT2D eigenvalue weighted by Crippen LogP contribution is -2.05. The van der Waals surface area contributed by atoms with E-state index in [1.807, 2.05) is 18.2 Å². The highest BCUT2D eigenvalue weighted by Gasteiger charge is 2.24. The van der Waals surface area contributed by atoms with Gasteiger partial charge in [0.15, 0.2) is 5.70 Å². The van der Waals surface area contributed by atoms with Crippen LogP contribution in [0.15, 0.2) is 57.6 Å². The molecular formula is C18H11BrINO4. The lowest BCUT2D eigenvalue weighted by atomic mass is 10.2. The summed E-state index contributed by atoms with van der Waals surface area (Å²) >= 11 is 5.64. The van der Waals surface area contributed by atoms with E-state index in [2.05, 4.69) is 43.5 Å². The monoisotopic (exact) mass is 511 g/mol. The van der Waals surface area contributed by atoms with Crippen LogP contribution in [0.2, 0.25) is 0 Å². The number of carbonyl (C=O) groups excluding carboxylic acids is 2. The van der Waals surface area contributed by atoms with Crippen LogP contribution in [-0.4, -0.2) is 17.8 Å². The zero-order valence-corrected chi connectivity index (χ0v) is 16.7. The van der Waals surface area contributed by atoms with Gasteiger partial charge in [0.1, 0.15) is 5.75 Å². The zero-order valence-electron chi connectivity index (χ0n) is 13.0. The Bertz CT molecular complexity index is 936. The third kappa shape index (κ3) is 4.35. The first-order valence-electron chi connectivity index (χ1n) is 7.19. The molecule has 0 radical (unpaired) electrons. The van der Waals surface area contributed by atoms with Crippen molar-refractivity contribution in [2.75, 3.05) is 0 Å². The molecule has 0 amide bonds. The maximum atomic E-state index is 12.1. The molecule has 2 aromatic carbocycles. The van der Waals surface area contributed by atoms with Crippen LogP contribution in [0.1, 0.15) is 18.1 Å². The largest absolute Gasteiger partial charge is 0.427 e. The van der Waals surface area contributed by atoms with Crippen LogP contribution in [0.25, 0.3) is 6.08 Å². The normalized spacial score (nSPS) is 15.1. The van der Waals surface area contributed by atoms with Crippen LogP contribution >= 0.6 is 38.5 Å². The standard InChI is InChI=1S/C18H11BrINO4/c1-10(22)24-13-4-2-3-11(7-13)8-16-18(23)25-17(21-16)12-5-6-15(20)14(19)9-12/h2-9H,1H3/b16-8-. The van der Waals surface area contributed by atoms with Crippen LogP contribution in [0.5, 0.6) is 5.75 Å². The first-order chi connectivity index (χ1) is 11.9. The predicted molar refractivity (Wildman–Crippen MR) is 105 cm³/mol. The molecule has 1 aliphatic rings. The van der Waals surface area contributed by atoms with E-state index in [1.165, 1.54) is 6.92 Å². The third-order valence-corrected chi connectivity index (χ3v) is 5.55. The van der Waals surface area contributed by atoms with Crippen molar-refractivity contribution in [1.82, 2.24) is 0 Å². The summed E-state index contributed by atoms with van der Waals surface area (Å²) in [7, 11) is 0. The van der Waals surface area contributed by atoms with Gasteiger partial charge in [0, 0.05) is 20.5 Å². The summed E-state index contributed by atoms with van der Waals surface area (Å²) in [6.07, 6.45) is 1.59. The number of cyclic esters (lactones) is 1. The molecule has 7 heteroatoms. The molecule has 0 spiro atoms. The number of nitrogens with zero attached hydrogens (tertiary/aromatic N) is 1. The van der Waals surface area contributed by atoms with Gasteiger partial charge < -0.3 is 9.47 Å². The lowest BCUT2D eigenvalue weighted by Gasteiger charge is -2.01. The molecule has 0 fully saturated rings. The van der Waals surface area contributed by atoms with E-state index in [9.17, 15) is 9.59 Å². The highest BCUT2D eigenvalue weighted by atomic mass is 127. The average Bonchev–Trinajstić information content (AvgIpc) is 2.91. The number of benzene rings is 2. The van der Waals surface area contributed by atoms with Gasteiger partial charge in [-0.3, -0.25) is 4.79 Å². The number of carbonyl (C=O) groups is 2. The lowest BCUT2D eigenvalue weighted by molar-refractivity contribution is -0.132. The second-order valence-electron chi connectivity index (χ2n) is 5.13. The third-order valence-electron chi connectivity index (χ3n) is 3.21. The SMILES string of the molecule is CC(=O)Oc1cccc(/C=C2\N=C(c3ccc(I)c(Br)c3)OC2=O)c1. The predicted octanol–water partition coefficient (Wildman–Crippen LogP) is 4.32. The van der Waals surface area contributed by atoms with Gasteiger partial charge in [0.25, 0.3) is 0 Å².